The summed E-state index contributed by atoms with van der Waals surface area (Å²) in [6.45, 7) is 0.416. The minimum Gasteiger partial charge on any atom is -0.490 e. The Morgan fingerprint density at radius 3 is 2.15 bits per heavy atom. The van der Waals surface area contributed by atoms with Crippen LogP contribution in [0.5, 0.6) is 11.5 Å². The van der Waals surface area contributed by atoms with E-state index in [-0.39, 0.29) is 34.6 Å². The summed E-state index contributed by atoms with van der Waals surface area (Å²) < 4.78 is 11.2. The lowest BCUT2D eigenvalue weighted by molar-refractivity contribution is -0.131. The van der Waals surface area contributed by atoms with E-state index >= 15 is 0 Å². The zero-order chi connectivity index (χ0) is 19.4. The van der Waals surface area contributed by atoms with Gasteiger partial charge in [-0.2, -0.15) is 0 Å². The van der Waals surface area contributed by atoms with Crippen LogP contribution in [0, 0.1) is 0 Å². The predicted molar refractivity (Wildman–Crippen MR) is 103 cm³/mol. The number of benzene rings is 3. The average molecular weight is 405 g/mol. The van der Waals surface area contributed by atoms with Crippen molar-refractivity contribution in [3.05, 3.63) is 70.2 Å². The lowest BCUT2D eigenvalue weighted by Crippen LogP contribution is -2.13. The summed E-state index contributed by atoms with van der Waals surface area (Å²) in [6.07, 6.45) is 0. The van der Waals surface area contributed by atoms with Gasteiger partial charge in [0.1, 0.15) is 19.0 Å². The van der Waals surface area contributed by atoms with Gasteiger partial charge >= 0.3 is 5.97 Å². The molecule has 0 atom stereocenters. The number of rotatable bonds is 7. The fourth-order valence-corrected chi connectivity index (χ4v) is 3.11. The molecule has 0 aliphatic carbocycles. The number of carbonyl (C=O) groups excluding carboxylic acids is 1. The first-order valence-electron chi connectivity index (χ1n) is 7.97. The zero-order valence-electron chi connectivity index (χ0n) is 13.9. The van der Waals surface area contributed by atoms with E-state index in [0.717, 1.165) is 10.8 Å². The van der Waals surface area contributed by atoms with E-state index in [1.165, 1.54) is 12.1 Å². The van der Waals surface area contributed by atoms with Gasteiger partial charge in [-0.05, 0) is 35.0 Å². The number of aliphatic carboxylic acids is 1. The van der Waals surface area contributed by atoms with Crippen LogP contribution in [0.15, 0.2) is 54.6 Å². The first-order chi connectivity index (χ1) is 13.0. The molecule has 138 valence electrons. The summed E-state index contributed by atoms with van der Waals surface area (Å²) in [4.78, 5) is 22.2. The van der Waals surface area contributed by atoms with Crippen LogP contribution in [0.1, 0.15) is 10.4 Å². The molecule has 0 aliphatic heterocycles. The molecule has 0 amide bonds. The number of ether oxygens (including phenoxy) is 2. The van der Waals surface area contributed by atoms with Crippen molar-refractivity contribution >= 4 is 45.7 Å². The summed E-state index contributed by atoms with van der Waals surface area (Å²) in [5.74, 6) is -1.80. The molecule has 0 heterocycles. The molecule has 5 nitrogen and oxygen atoms in total. The maximum absolute atomic E-state index is 11.5. The topological polar surface area (TPSA) is 72.8 Å². The van der Waals surface area contributed by atoms with E-state index in [9.17, 15) is 9.59 Å². The van der Waals surface area contributed by atoms with Gasteiger partial charge < -0.3 is 14.6 Å². The van der Waals surface area contributed by atoms with Gasteiger partial charge in [0.2, 0.25) is 0 Å². The normalized spacial score (nSPS) is 10.6. The lowest BCUT2D eigenvalue weighted by Gasteiger charge is -2.12. The van der Waals surface area contributed by atoms with Crippen LogP contribution in [-0.2, 0) is 4.79 Å². The Labute approximate surface area is 165 Å². The van der Waals surface area contributed by atoms with E-state index in [2.05, 4.69) is 0 Å². The first-order valence-corrected chi connectivity index (χ1v) is 8.72. The van der Waals surface area contributed by atoms with Crippen molar-refractivity contribution in [2.45, 2.75) is 0 Å². The highest BCUT2D eigenvalue weighted by Gasteiger charge is 2.19. The second-order valence-corrected chi connectivity index (χ2v) is 6.42. The molecule has 0 saturated heterocycles. The third-order valence-corrected chi connectivity index (χ3v) is 4.34. The predicted octanol–water partition coefficient (Wildman–Crippen LogP) is 4.87. The number of carbonyl (C=O) groups is 2. The fourth-order valence-electron chi connectivity index (χ4n) is 2.51. The van der Waals surface area contributed by atoms with E-state index in [1.54, 1.807) is 0 Å². The highest BCUT2D eigenvalue weighted by atomic mass is 35.5. The quantitative estimate of drug-likeness (QED) is 0.345. The van der Waals surface area contributed by atoms with Crippen molar-refractivity contribution in [2.24, 2.45) is 0 Å². The molecule has 3 aromatic carbocycles. The summed E-state index contributed by atoms with van der Waals surface area (Å²) in [5, 5.41) is 11.0. The molecule has 3 aromatic rings. The SMILES string of the molecule is O=C(O)C(=O)c1cc(Cl)c(OCCOc2ccc3ccccc3c2)c(Cl)c1. The molecule has 0 bridgehead atoms. The lowest BCUT2D eigenvalue weighted by atomic mass is 10.1. The number of halogens is 2. The Kier molecular flexibility index (Phi) is 5.84. The maximum Gasteiger partial charge on any atom is 0.377 e. The number of fused-ring (bicyclic) bond motifs is 1. The van der Waals surface area contributed by atoms with Crippen molar-refractivity contribution in [3.63, 3.8) is 0 Å². The second-order valence-electron chi connectivity index (χ2n) is 5.61. The summed E-state index contributed by atoms with van der Waals surface area (Å²) in [6, 6.07) is 16.1. The molecule has 0 aromatic heterocycles. The van der Waals surface area contributed by atoms with Crippen molar-refractivity contribution in [3.8, 4) is 11.5 Å². The van der Waals surface area contributed by atoms with Crippen molar-refractivity contribution < 1.29 is 24.2 Å². The highest BCUT2D eigenvalue weighted by molar-refractivity contribution is 6.42. The Morgan fingerprint density at radius 2 is 1.48 bits per heavy atom. The third-order valence-electron chi connectivity index (χ3n) is 3.77. The molecule has 0 saturated carbocycles. The highest BCUT2D eigenvalue weighted by Crippen LogP contribution is 2.34. The smallest absolute Gasteiger partial charge is 0.377 e. The van der Waals surface area contributed by atoms with Gasteiger partial charge in [-0.1, -0.05) is 53.5 Å². The third kappa shape index (κ3) is 4.51. The Balaban J connectivity index is 1.61. The number of Topliss-reactive ketones (excluding diaryl/α,β-unsaturated/α-hetero) is 1. The number of hydrogen-bond donors (Lipinski definition) is 1. The van der Waals surface area contributed by atoms with Crippen molar-refractivity contribution in [2.75, 3.05) is 13.2 Å². The number of carboxylic acids is 1. The van der Waals surface area contributed by atoms with E-state index in [1.807, 2.05) is 42.5 Å². The first kappa shape index (κ1) is 19.0. The van der Waals surface area contributed by atoms with Gasteiger partial charge in [0.05, 0.1) is 10.0 Å². The van der Waals surface area contributed by atoms with E-state index in [4.69, 9.17) is 37.8 Å². The Hall–Kier alpha value is -2.76. The van der Waals surface area contributed by atoms with Gasteiger partial charge in [0, 0.05) is 5.56 Å². The molecule has 0 spiro atoms. The summed E-state index contributed by atoms with van der Waals surface area (Å²) in [7, 11) is 0. The standard InChI is InChI=1S/C20H14Cl2O5/c21-16-10-14(18(23)20(24)25)11-17(22)19(16)27-8-7-26-15-6-5-12-3-1-2-4-13(12)9-15/h1-6,9-11H,7-8H2,(H,24,25). The molecule has 0 radical (unpaired) electrons. The molecule has 0 aliphatic rings. The van der Waals surface area contributed by atoms with Gasteiger partial charge in [-0.3, -0.25) is 4.79 Å². The average Bonchev–Trinajstić information content (AvgIpc) is 2.65. The van der Waals surface area contributed by atoms with Crippen molar-refractivity contribution in [1.82, 2.24) is 0 Å². The molecule has 3 rings (SSSR count). The van der Waals surface area contributed by atoms with Gasteiger partial charge in [0.25, 0.3) is 5.78 Å². The van der Waals surface area contributed by atoms with Gasteiger partial charge in [-0.25, -0.2) is 4.79 Å². The minimum atomic E-state index is -1.58. The Bertz CT molecular complexity index is 993. The van der Waals surface area contributed by atoms with Crippen LogP contribution >= 0.6 is 23.2 Å². The molecular weight excluding hydrogens is 391 g/mol. The monoisotopic (exact) mass is 404 g/mol. The Morgan fingerprint density at radius 1 is 0.852 bits per heavy atom. The number of ketones is 1. The molecule has 1 N–H and O–H groups in total. The second kappa shape index (κ2) is 8.29. The minimum absolute atomic E-state index is 0.0535. The summed E-state index contributed by atoms with van der Waals surface area (Å²) in [5.41, 5.74) is -0.114. The molecular formula is C20H14Cl2O5. The molecule has 0 fully saturated rings. The summed E-state index contributed by atoms with van der Waals surface area (Å²) >= 11 is 12.1. The van der Waals surface area contributed by atoms with Gasteiger partial charge in [0.15, 0.2) is 5.75 Å². The molecule has 7 heteroatoms. The van der Waals surface area contributed by atoms with Gasteiger partial charge in [-0.15, -0.1) is 0 Å². The van der Waals surface area contributed by atoms with Crippen molar-refractivity contribution in [1.29, 1.82) is 0 Å². The van der Waals surface area contributed by atoms with E-state index in [0.29, 0.717) is 5.75 Å². The van der Waals surface area contributed by atoms with Crippen LogP contribution in [0.2, 0.25) is 10.0 Å². The fraction of sp³-hybridized carbons (Fsp3) is 0.100. The number of hydrogen-bond acceptors (Lipinski definition) is 4. The van der Waals surface area contributed by atoms with Crippen LogP contribution in [0.4, 0.5) is 0 Å². The van der Waals surface area contributed by atoms with E-state index < -0.39 is 11.8 Å². The zero-order valence-corrected chi connectivity index (χ0v) is 15.5. The van der Waals surface area contributed by atoms with Crippen LogP contribution in [0.3, 0.4) is 0 Å². The largest absolute Gasteiger partial charge is 0.490 e. The maximum atomic E-state index is 11.5. The molecule has 27 heavy (non-hydrogen) atoms. The van der Waals surface area contributed by atoms with Crippen LogP contribution < -0.4 is 9.47 Å². The van der Waals surface area contributed by atoms with Crippen LogP contribution in [0.25, 0.3) is 10.8 Å². The molecule has 0 unspecified atom stereocenters. The van der Waals surface area contributed by atoms with Crippen LogP contribution in [-0.4, -0.2) is 30.1 Å². The number of carboxylic acid groups (broad SMARTS) is 1.